The van der Waals surface area contributed by atoms with Crippen LogP contribution in [-0.2, 0) is 6.18 Å². The summed E-state index contributed by atoms with van der Waals surface area (Å²) in [6, 6.07) is 3.42. The van der Waals surface area contributed by atoms with Crippen molar-refractivity contribution in [1.29, 1.82) is 5.26 Å². The van der Waals surface area contributed by atoms with E-state index in [1.54, 1.807) is 7.05 Å². The first-order valence-corrected chi connectivity index (χ1v) is 6.27. The summed E-state index contributed by atoms with van der Waals surface area (Å²) in [5.41, 5.74) is -0.679. The zero-order chi connectivity index (χ0) is 15.8. The van der Waals surface area contributed by atoms with Crippen LogP contribution in [0, 0.1) is 11.3 Å². The minimum Gasteiger partial charge on any atom is -0.372 e. The lowest BCUT2D eigenvalue weighted by atomic mass is 10.2. The van der Waals surface area contributed by atoms with Gasteiger partial charge in [-0.15, -0.1) is 0 Å². The molecular weight excluding hydrogens is 328 g/mol. The fourth-order valence-corrected chi connectivity index (χ4v) is 2.42. The van der Waals surface area contributed by atoms with Crippen LogP contribution in [0.5, 0.6) is 0 Å². The van der Waals surface area contributed by atoms with Crippen molar-refractivity contribution in [2.45, 2.75) is 6.18 Å². The van der Waals surface area contributed by atoms with E-state index in [4.69, 9.17) is 28.5 Å². The van der Waals surface area contributed by atoms with E-state index in [0.717, 1.165) is 12.1 Å². The molecule has 2 rings (SSSR count). The average molecular weight is 335 g/mol. The molecule has 0 fully saturated rings. The third-order valence-corrected chi connectivity index (χ3v) is 3.26. The molecule has 0 spiro atoms. The second kappa shape index (κ2) is 5.47. The highest BCUT2D eigenvalue weighted by atomic mass is 35.5. The molecular formula is C12H7Cl2F3N4. The second-order valence-electron chi connectivity index (χ2n) is 3.97. The van der Waals surface area contributed by atoms with Crippen molar-refractivity contribution in [3.8, 4) is 11.8 Å². The molecule has 0 aliphatic carbocycles. The zero-order valence-corrected chi connectivity index (χ0v) is 12.0. The van der Waals surface area contributed by atoms with Gasteiger partial charge in [0.05, 0.1) is 21.8 Å². The molecule has 1 N–H and O–H groups in total. The summed E-state index contributed by atoms with van der Waals surface area (Å²) in [7, 11) is 1.54. The van der Waals surface area contributed by atoms with Gasteiger partial charge in [0.15, 0.2) is 0 Å². The van der Waals surface area contributed by atoms with Gasteiger partial charge in [0, 0.05) is 7.05 Å². The Morgan fingerprint density at radius 1 is 1.29 bits per heavy atom. The number of halogens is 5. The highest BCUT2D eigenvalue weighted by Gasteiger charge is 2.32. The lowest BCUT2D eigenvalue weighted by molar-refractivity contribution is -0.137. The van der Waals surface area contributed by atoms with Crippen LogP contribution in [0.25, 0.3) is 5.69 Å². The number of nitriles is 1. The van der Waals surface area contributed by atoms with Crippen LogP contribution < -0.4 is 5.32 Å². The number of hydrogen-bond acceptors (Lipinski definition) is 3. The Balaban J connectivity index is 2.67. The van der Waals surface area contributed by atoms with Crippen molar-refractivity contribution in [2.75, 3.05) is 12.4 Å². The van der Waals surface area contributed by atoms with E-state index in [1.165, 1.54) is 10.9 Å². The molecule has 0 saturated heterocycles. The molecule has 0 radical (unpaired) electrons. The largest absolute Gasteiger partial charge is 0.416 e. The van der Waals surface area contributed by atoms with Gasteiger partial charge in [0.2, 0.25) is 0 Å². The van der Waals surface area contributed by atoms with Crippen LogP contribution in [0.2, 0.25) is 10.0 Å². The first kappa shape index (κ1) is 15.5. The topological polar surface area (TPSA) is 53.6 Å². The molecule has 1 aromatic heterocycles. The Hall–Kier alpha value is -1.91. The monoisotopic (exact) mass is 334 g/mol. The van der Waals surface area contributed by atoms with E-state index in [-0.39, 0.29) is 27.1 Å². The molecule has 0 saturated carbocycles. The summed E-state index contributed by atoms with van der Waals surface area (Å²) < 4.78 is 39.3. The van der Waals surface area contributed by atoms with Crippen LogP contribution in [0.4, 0.5) is 19.0 Å². The van der Waals surface area contributed by atoms with Crippen molar-refractivity contribution in [3.05, 3.63) is 39.5 Å². The fraction of sp³-hybridized carbons (Fsp3) is 0.167. The highest BCUT2D eigenvalue weighted by Crippen LogP contribution is 2.38. The van der Waals surface area contributed by atoms with Gasteiger partial charge in [-0.1, -0.05) is 23.2 Å². The Bertz CT molecular complexity index is 708. The first-order valence-electron chi connectivity index (χ1n) is 5.52. The molecule has 1 aromatic carbocycles. The number of nitrogens with one attached hydrogen (secondary N) is 1. The smallest absolute Gasteiger partial charge is 0.372 e. The molecule has 9 heteroatoms. The molecule has 0 unspecified atom stereocenters. The summed E-state index contributed by atoms with van der Waals surface area (Å²) in [6.45, 7) is 0. The second-order valence-corrected chi connectivity index (χ2v) is 4.78. The zero-order valence-electron chi connectivity index (χ0n) is 10.5. The molecule has 4 nitrogen and oxygen atoms in total. The normalized spacial score (nSPS) is 11.3. The van der Waals surface area contributed by atoms with Gasteiger partial charge in [0.25, 0.3) is 0 Å². The van der Waals surface area contributed by atoms with E-state index < -0.39 is 11.7 Å². The summed E-state index contributed by atoms with van der Waals surface area (Å²) in [5.74, 6) is 0.279. The van der Waals surface area contributed by atoms with Crippen LogP contribution >= 0.6 is 23.2 Å². The van der Waals surface area contributed by atoms with Gasteiger partial charge in [-0.25, -0.2) is 4.68 Å². The molecule has 0 aliphatic rings. The molecule has 2 aromatic rings. The third kappa shape index (κ3) is 2.77. The Kier molecular flexibility index (Phi) is 4.03. The van der Waals surface area contributed by atoms with Crippen molar-refractivity contribution in [1.82, 2.24) is 9.78 Å². The SMILES string of the molecule is CNc1c(C#N)cnn1-c1c(Cl)cc(C(F)(F)F)cc1Cl. The van der Waals surface area contributed by atoms with Crippen LogP contribution in [0.15, 0.2) is 18.3 Å². The van der Waals surface area contributed by atoms with E-state index in [0.29, 0.717) is 0 Å². The Morgan fingerprint density at radius 3 is 2.29 bits per heavy atom. The standard InChI is InChI=1S/C12H7Cl2F3N4/c1-19-11-6(4-18)5-20-21(11)10-8(13)2-7(3-9(10)14)12(15,16)17/h2-3,5,19H,1H3. The molecule has 0 amide bonds. The van der Waals surface area contributed by atoms with E-state index in [9.17, 15) is 13.2 Å². The molecule has 1 heterocycles. The number of rotatable bonds is 2. The summed E-state index contributed by atoms with van der Waals surface area (Å²) in [5, 5.41) is 15.1. The number of benzene rings is 1. The molecule has 21 heavy (non-hydrogen) atoms. The van der Waals surface area contributed by atoms with Crippen molar-refractivity contribution < 1.29 is 13.2 Å². The van der Waals surface area contributed by atoms with Gasteiger partial charge < -0.3 is 5.32 Å². The minimum atomic E-state index is -4.56. The lowest BCUT2D eigenvalue weighted by Gasteiger charge is -2.14. The van der Waals surface area contributed by atoms with E-state index in [1.807, 2.05) is 6.07 Å². The third-order valence-electron chi connectivity index (χ3n) is 2.68. The first-order chi connectivity index (χ1) is 9.79. The predicted octanol–water partition coefficient (Wildman–Crippen LogP) is 4.11. The van der Waals surface area contributed by atoms with Crippen molar-refractivity contribution >= 4 is 29.0 Å². The number of hydrogen-bond donors (Lipinski definition) is 1. The highest BCUT2D eigenvalue weighted by molar-refractivity contribution is 6.38. The van der Waals surface area contributed by atoms with Crippen LogP contribution in [0.3, 0.4) is 0 Å². The van der Waals surface area contributed by atoms with E-state index in [2.05, 4.69) is 10.4 Å². The number of alkyl halides is 3. The molecule has 0 bridgehead atoms. The van der Waals surface area contributed by atoms with Gasteiger partial charge in [-0.2, -0.15) is 23.5 Å². The minimum absolute atomic E-state index is 0.0668. The lowest BCUT2D eigenvalue weighted by Crippen LogP contribution is -2.08. The van der Waals surface area contributed by atoms with Gasteiger partial charge in [-0.05, 0) is 12.1 Å². The maximum atomic E-state index is 12.7. The molecule has 0 atom stereocenters. The summed E-state index contributed by atoms with van der Waals surface area (Å²) >= 11 is 11.8. The molecule has 0 aliphatic heterocycles. The van der Waals surface area contributed by atoms with E-state index >= 15 is 0 Å². The summed E-state index contributed by atoms with van der Waals surface area (Å²) in [4.78, 5) is 0. The fourth-order valence-electron chi connectivity index (χ4n) is 1.77. The van der Waals surface area contributed by atoms with Crippen LogP contribution in [0.1, 0.15) is 11.1 Å². The Labute approximate surface area is 127 Å². The van der Waals surface area contributed by atoms with Gasteiger partial charge >= 0.3 is 6.18 Å². The van der Waals surface area contributed by atoms with Crippen molar-refractivity contribution in [3.63, 3.8) is 0 Å². The Morgan fingerprint density at radius 2 is 1.86 bits per heavy atom. The summed E-state index contributed by atoms with van der Waals surface area (Å²) in [6.07, 6.45) is -3.30. The maximum absolute atomic E-state index is 12.7. The quantitative estimate of drug-likeness (QED) is 0.899. The number of anilines is 1. The average Bonchev–Trinajstić information content (AvgIpc) is 2.79. The van der Waals surface area contributed by atoms with Gasteiger partial charge in [0.1, 0.15) is 23.1 Å². The maximum Gasteiger partial charge on any atom is 0.416 e. The van der Waals surface area contributed by atoms with Crippen LogP contribution in [-0.4, -0.2) is 16.8 Å². The number of aromatic nitrogens is 2. The predicted molar refractivity (Wildman–Crippen MR) is 72.8 cm³/mol. The molecule has 110 valence electrons. The van der Waals surface area contributed by atoms with Crippen molar-refractivity contribution in [2.24, 2.45) is 0 Å². The van der Waals surface area contributed by atoms with Gasteiger partial charge in [-0.3, -0.25) is 0 Å². The number of nitrogens with zero attached hydrogens (tertiary/aromatic N) is 3.